The molecule has 0 fully saturated rings. The van der Waals surface area contributed by atoms with Crippen LogP contribution in [0.2, 0.25) is 0 Å². The van der Waals surface area contributed by atoms with Gasteiger partial charge in [0.2, 0.25) is 0 Å². The number of hydrogen-bond acceptors (Lipinski definition) is 4. The zero-order valence-corrected chi connectivity index (χ0v) is 29.4. The maximum absolute atomic E-state index is 11.9. The first-order valence-corrected chi connectivity index (χ1v) is 19.5. The Kier molecular flexibility index (Phi) is 36.2. The molecular weight excluding hydrogens is 532 g/mol. The van der Waals surface area contributed by atoms with Crippen LogP contribution in [0.1, 0.15) is 226 Å². The van der Waals surface area contributed by atoms with Crippen molar-refractivity contribution in [1.29, 1.82) is 0 Å². The minimum atomic E-state index is 0.00553. The lowest BCUT2D eigenvalue weighted by molar-refractivity contribution is -0.144. The molecular formula is C39H76O4. The van der Waals surface area contributed by atoms with Gasteiger partial charge in [-0.05, 0) is 25.7 Å². The quantitative estimate of drug-likeness (QED) is 0.0524. The molecule has 0 radical (unpaired) electrons. The van der Waals surface area contributed by atoms with Crippen LogP contribution in [0.3, 0.4) is 0 Å². The van der Waals surface area contributed by atoms with Gasteiger partial charge in [-0.15, -0.1) is 0 Å². The second-order valence-corrected chi connectivity index (χ2v) is 13.2. The van der Waals surface area contributed by atoms with E-state index in [-0.39, 0.29) is 11.9 Å². The molecule has 256 valence electrons. The first-order valence-electron chi connectivity index (χ1n) is 19.5. The van der Waals surface area contributed by atoms with Crippen LogP contribution in [0.5, 0.6) is 0 Å². The van der Waals surface area contributed by atoms with Gasteiger partial charge < -0.3 is 9.47 Å². The fourth-order valence-electron chi connectivity index (χ4n) is 5.83. The molecule has 0 amide bonds. The number of ether oxygens (including phenoxy) is 2. The van der Waals surface area contributed by atoms with Gasteiger partial charge in [0.15, 0.2) is 0 Å². The SMILES string of the molecule is CCCCCCCCCCCC(=O)OCCCCCCCCCCCCCCCOC(=O)CCCCCCCCCCC. The highest BCUT2D eigenvalue weighted by Crippen LogP contribution is 2.14. The van der Waals surface area contributed by atoms with Crippen LogP contribution in [0, 0.1) is 0 Å². The summed E-state index contributed by atoms with van der Waals surface area (Å²) in [7, 11) is 0. The third-order valence-corrected chi connectivity index (χ3v) is 8.78. The fraction of sp³-hybridized carbons (Fsp3) is 0.949. The van der Waals surface area contributed by atoms with Crippen molar-refractivity contribution < 1.29 is 19.1 Å². The molecule has 0 rings (SSSR count). The van der Waals surface area contributed by atoms with Crippen molar-refractivity contribution in [2.24, 2.45) is 0 Å². The van der Waals surface area contributed by atoms with Crippen molar-refractivity contribution in [2.75, 3.05) is 13.2 Å². The second-order valence-electron chi connectivity index (χ2n) is 13.2. The fourth-order valence-corrected chi connectivity index (χ4v) is 5.83. The highest BCUT2D eigenvalue weighted by atomic mass is 16.5. The van der Waals surface area contributed by atoms with E-state index in [1.165, 1.54) is 173 Å². The minimum Gasteiger partial charge on any atom is -0.466 e. The molecule has 4 nitrogen and oxygen atoms in total. The predicted molar refractivity (Wildman–Crippen MR) is 186 cm³/mol. The third kappa shape index (κ3) is 37.0. The summed E-state index contributed by atoms with van der Waals surface area (Å²) in [5, 5.41) is 0. The zero-order chi connectivity index (χ0) is 31.3. The molecule has 0 saturated heterocycles. The Morgan fingerprint density at radius 3 is 0.767 bits per heavy atom. The first-order chi connectivity index (χ1) is 21.2. The van der Waals surface area contributed by atoms with E-state index in [1.54, 1.807) is 0 Å². The van der Waals surface area contributed by atoms with Gasteiger partial charge in [-0.2, -0.15) is 0 Å². The van der Waals surface area contributed by atoms with Gasteiger partial charge in [0.05, 0.1) is 13.2 Å². The zero-order valence-electron chi connectivity index (χ0n) is 29.4. The molecule has 0 aromatic rings. The average Bonchev–Trinajstić information content (AvgIpc) is 3.01. The smallest absolute Gasteiger partial charge is 0.305 e. The van der Waals surface area contributed by atoms with Gasteiger partial charge in [0.25, 0.3) is 0 Å². The molecule has 0 spiro atoms. The number of hydrogen-bond donors (Lipinski definition) is 0. The summed E-state index contributed by atoms with van der Waals surface area (Å²) in [6.07, 6.45) is 40.5. The number of esters is 2. The van der Waals surface area contributed by atoms with Crippen LogP contribution in [-0.4, -0.2) is 25.2 Å². The summed E-state index contributed by atoms with van der Waals surface area (Å²) in [6, 6.07) is 0. The van der Waals surface area contributed by atoms with Gasteiger partial charge in [-0.1, -0.05) is 187 Å². The molecule has 0 aromatic heterocycles. The topological polar surface area (TPSA) is 52.6 Å². The molecule has 0 N–H and O–H groups in total. The Hall–Kier alpha value is -1.06. The Morgan fingerprint density at radius 2 is 0.512 bits per heavy atom. The lowest BCUT2D eigenvalue weighted by Crippen LogP contribution is -2.05. The summed E-state index contributed by atoms with van der Waals surface area (Å²) in [6.45, 7) is 5.74. The number of carbonyl (C=O) groups is 2. The molecule has 0 aromatic carbocycles. The lowest BCUT2D eigenvalue weighted by Gasteiger charge is -2.06. The van der Waals surface area contributed by atoms with E-state index in [2.05, 4.69) is 13.8 Å². The van der Waals surface area contributed by atoms with E-state index >= 15 is 0 Å². The minimum absolute atomic E-state index is 0.00553. The highest BCUT2D eigenvalue weighted by molar-refractivity contribution is 5.69. The average molecular weight is 609 g/mol. The molecule has 0 bridgehead atoms. The normalized spacial score (nSPS) is 11.2. The highest BCUT2D eigenvalue weighted by Gasteiger charge is 2.04. The maximum atomic E-state index is 11.9. The Balaban J connectivity index is 3.19. The van der Waals surface area contributed by atoms with E-state index in [1.807, 2.05) is 0 Å². The van der Waals surface area contributed by atoms with E-state index in [4.69, 9.17) is 9.47 Å². The van der Waals surface area contributed by atoms with Crippen molar-refractivity contribution >= 4 is 11.9 Å². The van der Waals surface area contributed by atoms with Crippen LogP contribution < -0.4 is 0 Å². The van der Waals surface area contributed by atoms with Gasteiger partial charge in [0, 0.05) is 12.8 Å². The van der Waals surface area contributed by atoms with Gasteiger partial charge >= 0.3 is 11.9 Å². The number of rotatable bonds is 36. The summed E-state index contributed by atoms with van der Waals surface area (Å²) in [5.74, 6) is 0.0111. The van der Waals surface area contributed by atoms with Gasteiger partial charge in [-0.25, -0.2) is 0 Å². The molecule has 0 heterocycles. The monoisotopic (exact) mass is 609 g/mol. The maximum Gasteiger partial charge on any atom is 0.305 e. The van der Waals surface area contributed by atoms with Crippen molar-refractivity contribution in [3.63, 3.8) is 0 Å². The van der Waals surface area contributed by atoms with Crippen molar-refractivity contribution in [3.8, 4) is 0 Å². The molecule has 0 unspecified atom stereocenters. The lowest BCUT2D eigenvalue weighted by atomic mass is 10.0. The molecule has 43 heavy (non-hydrogen) atoms. The summed E-state index contributed by atoms with van der Waals surface area (Å²) < 4.78 is 10.8. The van der Waals surface area contributed by atoms with E-state index in [0.717, 1.165) is 25.7 Å². The molecule has 0 aliphatic heterocycles. The summed E-state index contributed by atoms with van der Waals surface area (Å²) >= 11 is 0. The second kappa shape index (κ2) is 37.1. The Morgan fingerprint density at radius 1 is 0.302 bits per heavy atom. The van der Waals surface area contributed by atoms with Crippen LogP contribution in [-0.2, 0) is 19.1 Å². The first kappa shape index (κ1) is 41.9. The number of carbonyl (C=O) groups excluding carboxylic acids is 2. The van der Waals surface area contributed by atoms with Crippen LogP contribution in [0.4, 0.5) is 0 Å². The van der Waals surface area contributed by atoms with Crippen molar-refractivity contribution in [2.45, 2.75) is 226 Å². The molecule has 4 heteroatoms. The standard InChI is InChI=1S/C39H76O4/c1-3-5-7-9-11-18-22-26-30-34-38(40)42-36-32-28-24-20-16-14-13-15-17-21-25-29-33-37-43-39(41)35-31-27-23-19-12-10-8-6-4-2/h3-37H2,1-2H3. The van der Waals surface area contributed by atoms with Gasteiger partial charge in [-0.3, -0.25) is 9.59 Å². The van der Waals surface area contributed by atoms with E-state index in [0.29, 0.717) is 26.1 Å². The van der Waals surface area contributed by atoms with Gasteiger partial charge in [0.1, 0.15) is 0 Å². The van der Waals surface area contributed by atoms with E-state index in [9.17, 15) is 9.59 Å². The molecule has 0 atom stereocenters. The van der Waals surface area contributed by atoms with Crippen LogP contribution in [0.25, 0.3) is 0 Å². The van der Waals surface area contributed by atoms with E-state index < -0.39 is 0 Å². The Bertz CT molecular complexity index is 513. The molecule has 0 aliphatic carbocycles. The summed E-state index contributed by atoms with van der Waals surface area (Å²) in [4.78, 5) is 23.7. The largest absolute Gasteiger partial charge is 0.466 e. The molecule has 0 saturated carbocycles. The third-order valence-electron chi connectivity index (χ3n) is 8.78. The van der Waals surface area contributed by atoms with Crippen LogP contribution >= 0.6 is 0 Å². The van der Waals surface area contributed by atoms with Crippen molar-refractivity contribution in [3.05, 3.63) is 0 Å². The predicted octanol–water partition coefficient (Wildman–Crippen LogP) is 13.0. The van der Waals surface area contributed by atoms with Crippen molar-refractivity contribution in [1.82, 2.24) is 0 Å². The summed E-state index contributed by atoms with van der Waals surface area (Å²) in [5.41, 5.74) is 0. The molecule has 0 aliphatic rings. The number of unbranched alkanes of at least 4 members (excludes halogenated alkanes) is 28. The van der Waals surface area contributed by atoms with Crippen LogP contribution in [0.15, 0.2) is 0 Å². The Labute approximate surface area is 269 Å².